The summed E-state index contributed by atoms with van der Waals surface area (Å²) in [5, 5.41) is 0. The zero-order valence-electron chi connectivity index (χ0n) is 12.5. The molecular weight excluding hydrogens is 276 g/mol. The van der Waals surface area contributed by atoms with Crippen molar-refractivity contribution < 1.29 is 28.6 Å². The van der Waals surface area contributed by atoms with Crippen LogP contribution in [0.2, 0.25) is 0 Å². The van der Waals surface area contributed by atoms with E-state index in [9.17, 15) is 14.4 Å². The normalized spacial score (nSPS) is 11.4. The molecular formula is C15H20O6. The first-order valence-electron chi connectivity index (χ1n) is 6.17. The molecule has 0 N–H and O–H groups in total. The van der Waals surface area contributed by atoms with Crippen LogP contribution in [0, 0.1) is 5.41 Å². The molecule has 0 atom stereocenters. The highest BCUT2D eigenvalue weighted by molar-refractivity contribution is 6.00. The first kappa shape index (κ1) is 18.6. The smallest absolute Gasteiger partial charge is 0.330 e. The fraction of sp³-hybridized carbons (Fsp3) is 0.400. The van der Waals surface area contributed by atoms with E-state index in [0.717, 1.165) is 6.08 Å². The fourth-order valence-electron chi connectivity index (χ4n) is 1.68. The van der Waals surface area contributed by atoms with Crippen LogP contribution in [0.3, 0.4) is 0 Å². The molecule has 116 valence electrons. The van der Waals surface area contributed by atoms with Gasteiger partial charge in [0.2, 0.25) is 0 Å². The maximum atomic E-state index is 12.0. The minimum Gasteiger partial charge on any atom is -0.468 e. The molecule has 0 radical (unpaired) electrons. The van der Waals surface area contributed by atoms with Gasteiger partial charge in [0, 0.05) is 6.08 Å². The molecule has 0 aliphatic carbocycles. The minimum absolute atomic E-state index is 0.0526. The molecule has 0 aromatic carbocycles. The van der Waals surface area contributed by atoms with E-state index < -0.39 is 23.3 Å². The predicted molar refractivity (Wildman–Crippen MR) is 76.2 cm³/mol. The van der Waals surface area contributed by atoms with Gasteiger partial charge in [0.15, 0.2) is 5.41 Å². The monoisotopic (exact) mass is 296 g/mol. The van der Waals surface area contributed by atoms with Crippen LogP contribution >= 0.6 is 0 Å². The fourth-order valence-corrected chi connectivity index (χ4v) is 1.68. The number of carbonyl (C=O) groups is 3. The van der Waals surface area contributed by atoms with Crippen molar-refractivity contribution in [3.63, 3.8) is 0 Å². The summed E-state index contributed by atoms with van der Waals surface area (Å²) >= 11 is 0. The quantitative estimate of drug-likeness (QED) is 0.222. The van der Waals surface area contributed by atoms with E-state index in [1.165, 1.54) is 33.5 Å². The third-order valence-corrected chi connectivity index (χ3v) is 2.81. The molecule has 0 fully saturated rings. The van der Waals surface area contributed by atoms with Gasteiger partial charge in [-0.3, -0.25) is 9.59 Å². The van der Waals surface area contributed by atoms with E-state index in [4.69, 9.17) is 9.47 Å². The predicted octanol–water partition coefficient (Wildman–Crippen LogP) is 1.57. The molecule has 0 aromatic rings. The molecule has 0 saturated heterocycles. The summed E-state index contributed by atoms with van der Waals surface area (Å²) in [4.78, 5) is 35.1. The van der Waals surface area contributed by atoms with Crippen molar-refractivity contribution in [3.05, 3.63) is 37.0 Å². The van der Waals surface area contributed by atoms with Crippen LogP contribution in [0.1, 0.15) is 12.8 Å². The topological polar surface area (TPSA) is 78.9 Å². The van der Waals surface area contributed by atoms with Crippen LogP contribution < -0.4 is 0 Å². The van der Waals surface area contributed by atoms with Crippen LogP contribution in [-0.2, 0) is 28.6 Å². The standard InChI is InChI=1S/C15H20O6/c1-5-6-7-10-15(13(17)20-3,14(18)21-4)11-8-9-12(16)19-2/h5-9H,1,10-11H2,2-4H3/b7-6+,9-8+. The van der Waals surface area contributed by atoms with Crippen LogP contribution in [0.4, 0.5) is 0 Å². The molecule has 6 nitrogen and oxygen atoms in total. The zero-order chi connectivity index (χ0) is 16.3. The molecule has 0 aliphatic rings. The lowest BCUT2D eigenvalue weighted by Crippen LogP contribution is -2.40. The van der Waals surface area contributed by atoms with Crippen LogP contribution in [-0.4, -0.2) is 39.2 Å². The molecule has 0 rings (SSSR count). The molecule has 21 heavy (non-hydrogen) atoms. The Labute approximate surface area is 124 Å². The molecule has 6 heteroatoms. The summed E-state index contributed by atoms with van der Waals surface area (Å²) in [6.07, 6.45) is 7.24. The Hall–Kier alpha value is -2.37. The molecule has 0 amide bonds. The summed E-state index contributed by atoms with van der Waals surface area (Å²) in [5.74, 6) is -2.06. The number of methoxy groups -OCH3 is 3. The Balaban J connectivity index is 5.44. The van der Waals surface area contributed by atoms with Crippen LogP contribution in [0.25, 0.3) is 0 Å². The lowest BCUT2D eigenvalue weighted by atomic mass is 9.80. The van der Waals surface area contributed by atoms with E-state index in [-0.39, 0.29) is 12.8 Å². The second-order valence-corrected chi connectivity index (χ2v) is 4.06. The van der Waals surface area contributed by atoms with Gasteiger partial charge in [0.25, 0.3) is 0 Å². The van der Waals surface area contributed by atoms with E-state index in [1.807, 2.05) is 0 Å². The van der Waals surface area contributed by atoms with Crippen molar-refractivity contribution in [1.82, 2.24) is 0 Å². The third kappa shape index (κ3) is 5.25. The van der Waals surface area contributed by atoms with Gasteiger partial charge < -0.3 is 14.2 Å². The van der Waals surface area contributed by atoms with Crippen molar-refractivity contribution >= 4 is 17.9 Å². The third-order valence-electron chi connectivity index (χ3n) is 2.81. The first-order valence-corrected chi connectivity index (χ1v) is 6.17. The lowest BCUT2D eigenvalue weighted by Gasteiger charge is -2.25. The summed E-state index contributed by atoms with van der Waals surface area (Å²) in [6.45, 7) is 3.51. The second kappa shape index (κ2) is 9.52. The van der Waals surface area contributed by atoms with Crippen molar-refractivity contribution in [2.75, 3.05) is 21.3 Å². The molecule has 0 aliphatic heterocycles. The molecule has 0 bridgehead atoms. The number of carbonyl (C=O) groups excluding carboxylic acids is 3. The second-order valence-electron chi connectivity index (χ2n) is 4.06. The van der Waals surface area contributed by atoms with Gasteiger partial charge >= 0.3 is 17.9 Å². The molecule has 0 spiro atoms. The Morgan fingerprint density at radius 3 is 1.90 bits per heavy atom. The number of hydrogen-bond donors (Lipinski definition) is 0. The average molecular weight is 296 g/mol. The van der Waals surface area contributed by atoms with E-state index in [0.29, 0.717) is 0 Å². The molecule has 0 heterocycles. The largest absolute Gasteiger partial charge is 0.468 e. The van der Waals surface area contributed by atoms with E-state index in [1.54, 1.807) is 12.2 Å². The van der Waals surface area contributed by atoms with Gasteiger partial charge in [-0.25, -0.2) is 4.79 Å². The maximum absolute atomic E-state index is 12.0. The summed E-state index contributed by atoms with van der Waals surface area (Å²) in [5.41, 5.74) is -1.55. The van der Waals surface area contributed by atoms with E-state index in [2.05, 4.69) is 11.3 Å². The summed E-state index contributed by atoms with van der Waals surface area (Å²) in [7, 11) is 3.59. The summed E-state index contributed by atoms with van der Waals surface area (Å²) in [6, 6.07) is 0. The van der Waals surface area contributed by atoms with Gasteiger partial charge in [-0.2, -0.15) is 0 Å². The first-order chi connectivity index (χ1) is 9.98. The Bertz CT molecular complexity index is 431. The van der Waals surface area contributed by atoms with E-state index >= 15 is 0 Å². The van der Waals surface area contributed by atoms with Crippen molar-refractivity contribution in [3.8, 4) is 0 Å². The number of rotatable bonds is 8. The lowest BCUT2D eigenvalue weighted by molar-refractivity contribution is -0.168. The molecule has 0 saturated carbocycles. The highest BCUT2D eigenvalue weighted by Gasteiger charge is 2.46. The molecule has 0 unspecified atom stereocenters. The highest BCUT2D eigenvalue weighted by Crippen LogP contribution is 2.31. The van der Waals surface area contributed by atoms with Gasteiger partial charge in [-0.1, -0.05) is 30.9 Å². The van der Waals surface area contributed by atoms with Crippen molar-refractivity contribution in [2.24, 2.45) is 5.41 Å². The van der Waals surface area contributed by atoms with Crippen molar-refractivity contribution in [2.45, 2.75) is 12.8 Å². The zero-order valence-corrected chi connectivity index (χ0v) is 12.5. The summed E-state index contributed by atoms with van der Waals surface area (Å²) < 4.78 is 13.9. The Morgan fingerprint density at radius 1 is 0.952 bits per heavy atom. The highest BCUT2D eigenvalue weighted by atomic mass is 16.5. The Kier molecular flexibility index (Phi) is 8.45. The number of esters is 3. The number of hydrogen-bond acceptors (Lipinski definition) is 6. The SMILES string of the molecule is C=C/C=C/CC(C/C=C/C(=O)OC)(C(=O)OC)C(=O)OC. The van der Waals surface area contributed by atoms with Gasteiger partial charge in [0.1, 0.15) is 0 Å². The van der Waals surface area contributed by atoms with Gasteiger partial charge in [-0.05, 0) is 12.8 Å². The minimum atomic E-state index is -1.55. The maximum Gasteiger partial charge on any atom is 0.330 e. The van der Waals surface area contributed by atoms with Crippen LogP contribution in [0.5, 0.6) is 0 Å². The molecule has 0 aromatic heterocycles. The number of ether oxygens (including phenoxy) is 3. The van der Waals surface area contributed by atoms with Gasteiger partial charge in [0.05, 0.1) is 21.3 Å². The van der Waals surface area contributed by atoms with Crippen LogP contribution in [0.15, 0.2) is 37.0 Å². The van der Waals surface area contributed by atoms with Crippen molar-refractivity contribution in [1.29, 1.82) is 0 Å². The number of allylic oxidation sites excluding steroid dienone is 4. The average Bonchev–Trinajstić information content (AvgIpc) is 2.51. The van der Waals surface area contributed by atoms with Gasteiger partial charge in [-0.15, -0.1) is 0 Å². The Morgan fingerprint density at radius 2 is 1.48 bits per heavy atom.